The van der Waals surface area contributed by atoms with E-state index in [0.717, 1.165) is 15.5 Å². The molecule has 1 N–H and O–H groups in total. The molecule has 3 aromatic rings. The number of halogens is 2. The molecule has 2 aromatic carbocycles. The molecule has 5 atom stereocenters. The van der Waals surface area contributed by atoms with Crippen LogP contribution < -0.4 is 14.8 Å². The zero-order valence-corrected chi connectivity index (χ0v) is 21.5. The Labute approximate surface area is 215 Å². The standard InChI is InChI=1S/C24H23BrClN3O6/c1-24(2)34-21-20-19(33-23(21)35-24)18(9-31-20)32-17-8-15-12(7-16(17)30-3)22(28-10-27-15)29-11-4-5-13(25)14(26)6-11/h4-8,10,18-21,23H,9H2,1-3H3,(H,27,28,29)/t18?,19-,20+,21-,23+/m0/s1. The minimum absolute atomic E-state index is 0.255. The van der Waals surface area contributed by atoms with Crippen LogP contribution in [0.4, 0.5) is 11.5 Å². The van der Waals surface area contributed by atoms with E-state index in [4.69, 9.17) is 40.0 Å². The highest BCUT2D eigenvalue weighted by Gasteiger charge is 2.60. The monoisotopic (exact) mass is 563 g/mol. The fourth-order valence-corrected chi connectivity index (χ4v) is 5.11. The lowest BCUT2D eigenvalue weighted by atomic mass is 10.1. The van der Waals surface area contributed by atoms with Gasteiger partial charge in [0.2, 0.25) is 0 Å². The molecule has 0 aliphatic carbocycles. The number of fused-ring (bicyclic) bond motifs is 4. The molecule has 3 saturated heterocycles. The van der Waals surface area contributed by atoms with Crippen LogP contribution in [0.5, 0.6) is 11.5 Å². The molecular weight excluding hydrogens is 542 g/mol. The summed E-state index contributed by atoms with van der Waals surface area (Å²) in [7, 11) is 1.59. The molecule has 9 nitrogen and oxygen atoms in total. The Morgan fingerprint density at radius 2 is 1.94 bits per heavy atom. The second-order valence-corrected chi connectivity index (χ2v) is 10.3. The zero-order valence-electron chi connectivity index (χ0n) is 19.2. The molecular formula is C24H23BrClN3O6. The second kappa shape index (κ2) is 8.72. The van der Waals surface area contributed by atoms with Crippen molar-refractivity contribution in [2.75, 3.05) is 19.0 Å². The third-order valence-electron chi connectivity index (χ3n) is 6.23. The van der Waals surface area contributed by atoms with Gasteiger partial charge < -0.3 is 33.7 Å². The van der Waals surface area contributed by atoms with E-state index in [-0.39, 0.29) is 24.4 Å². The number of anilines is 2. The maximum absolute atomic E-state index is 6.33. The molecule has 6 rings (SSSR count). The third-order valence-corrected chi connectivity index (χ3v) is 7.46. The molecule has 11 heteroatoms. The fourth-order valence-electron chi connectivity index (χ4n) is 4.68. The Morgan fingerprint density at radius 1 is 1.09 bits per heavy atom. The van der Waals surface area contributed by atoms with Crippen molar-refractivity contribution in [1.29, 1.82) is 0 Å². The summed E-state index contributed by atoms with van der Waals surface area (Å²) in [6.45, 7) is 4.09. The van der Waals surface area contributed by atoms with Crippen LogP contribution >= 0.6 is 27.5 Å². The minimum Gasteiger partial charge on any atom is -0.493 e. The number of ether oxygens (including phenoxy) is 6. The third kappa shape index (κ3) is 4.22. The van der Waals surface area contributed by atoms with Crippen LogP contribution in [0.3, 0.4) is 0 Å². The average molecular weight is 565 g/mol. The Hall–Kier alpha value is -2.21. The first-order valence-corrected chi connectivity index (χ1v) is 12.3. The van der Waals surface area contributed by atoms with Gasteiger partial charge in [-0.05, 0) is 54.0 Å². The predicted octanol–water partition coefficient (Wildman–Crippen LogP) is 4.82. The van der Waals surface area contributed by atoms with Crippen LogP contribution in [0.25, 0.3) is 10.9 Å². The van der Waals surface area contributed by atoms with Crippen molar-refractivity contribution < 1.29 is 28.4 Å². The van der Waals surface area contributed by atoms with E-state index in [1.807, 2.05) is 44.2 Å². The van der Waals surface area contributed by atoms with Gasteiger partial charge in [-0.3, -0.25) is 0 Å². The predicted molar refractivity (Wildman–Crippen MR) is 131 cm³/mol. The lowest BCUT2D eigenvalue weighted by Gasteiger charge is -2.23. The quantitative estimate of drug-likeness (QED) is 0.468. The van der Waals surface area contributed by atoms with E-state index < -0.39 is 12.1 Å². The van der Waals surface area contributed by atoms with Crippen molar-refractivity contribution in [2.24, 2.45) is 0 Å². The summed E-state index contributed by atoms with van der Waals surface area (Å²) < 4.78 is 36.7. The molecule has 4 heterocycles. The van der Waals surface area contributed by atoms with Gasteiger partial charge in [0.1, 0.15) is 30.5 Å². The summed E-state index contributed by atoms with van der Waals surface area (Å²) in [6.07, 6.45) is -0.181. The van der Waals surface area contributed by atoms with E-state index in [9.17, 15) is 0 Å². The molecule has 35 heavy (non-hydrogen) atoms. The number of hydrogen-bond acceptors (Lipinski definition) is 9. The molecule has 1 aromatic heterocycles. The first kappa shape index (κ1) is 23.2. The van der Waals surface area contributed by atoms with Gasteiger partial charge in [0.15, 0.2) is 29.7 Å². The average Bonchev–Trinajstić information content (AvgIpc) is 3.45. The first-order valence-electron chi connectivity index (χ1n) is 11.2. The maximum atomic E-state index is 6.33. The number of nitrogens with zero attached hydrogens (tertiary/aromatic N) is 2. The van der Waals surface area contributed by atoms with Gasteiger partial charge in [0, 0.05) is 21.6 Å². The maximum Gasteiger partial charge on any atom is 0.190 e. The van der Waals surface area contributed by atoms with E-state index in [1.54, 1.807) is 7.11 Å². The Morgan fingerprint density at radius 3 is 2.74 bits per heavy atom. The molecule has 0 saturated carbocycles. The summed E-state index contributed by atoms with van der Waals surface area (Å²) in [5.74, 6) is 0.997. The summed E-state index contributed by atoms with van der Waals surface area (Å²) >= 11 is 9.64. The van der Waals surface area contributed by atoms with E-state index >= 15 is 0 Å². The van der Waals surface area contributed by atoms with Crippen LogP contribution in [0.2, 0.25) is 5.02 Å². The minimum atomic E-state index is -0.697. The molecule has 0 radical (unpaired) electrons. The first-order chi connectivity index (χ1) is 16.8. The number of hydrogen-bond donors (Lipinski definition) is 1. The highest BCUT2D eigenvalue weighted by Crippen LogP contribution is 2.44. The van der Waals surface area contributed by atoms with Crippen molar-refractivity contribution in [3.05, 3.63) is 46.2 Å². The molecule has 0 amide bonds. The molecule has 3 aliphatic heterocycles. The van der Waals surface area contributed by atoms with Crippen LogP contribution in [0.15, 0.2) is 41.1 Å². The number of benzene rings is 2. The van der Waals surface area contributed by atoms with Crippen molar-refractivity contribution >= 4 is 49.9 Å². The summed E-state index contributed by atoms with van der Waals surface area (Å²) in [6, 6.07) is 9.26. The van der Waals surface area contributed by atoms with Crippen LogP contribution in [0.1, 0.15) is 13.8 Å². The number of aromatic nitrogens is 2. The van der Waals surface area contributed by atoms with Crippen molar-refractivity contribution in [3.63, 3.8) is 0 Å². The highest BCUT2D eigenvalue weighted by molar-refractivity contribution is 9.10. The zero-order chi connectivity index (χ0) is 24.3. The number of rotatable bonds is 5. The molecule has 3 aliphatic rings. The van der Waals surface area contributed by atoms with Gasteiger partial charge in [-0.25, -0.2) is 9.97 Å². The van der Waals surface area contributed by atoms with E-state index in [0.29, 0.717) is 34.5 Å². The van der Waals surface area contributed by atoms with Gasteiger partial charge in [-0.2, -0.15) is 0 Å². The Bertz CT molecular complexity index is 1290. The summed E-state index contributed by atoms with van der Waals surface area (Å²) in [4.78, 5) is 8.84. The van der Waals surface area contributed by atoms with Crippen LogP contribution in [0, 0.1) is 0 Å². The molecule has 0 spiro atoms. The SMILES string of the molecule is COc1cc2c(Nc3ccc(Br)c(Cl)c3)ncnc2cc1OC1CO[C@H]2[C@@H]3OC(C)(C)O[C@H]3O[C@@H]12. The summed E-state index contributed by atoms with van der Waals surface area (Å²) in [5, 5.41) is 4.66. The van der Waals surface area contributed by atoms with Crippen LogP contribution in [-0.4, -0.2) is 60.2 Å². The molecule has 0 bridgehead atoms. The van der Waals surface area contributed by atoms with Crippen LogP contribution in [-0.2, 0) is 18.9 Å². The normalized spacial score (nSPS) is 28.7. The van der Waals surface area contributed by atoms with Gasteiger partial charge in [-0.15, -0.1) is 0 Å². The number of methoxy groups -OCH3 is 1. The van der Waals surface area contributed by atoms with Gasteiger partial charge in [-0.1, -0.05) is 11.6 Å². The Kier molecular flexibility index (Phi) is 5.78. The largest absolute Gasteiger partial charge is 0.493 e. The highest BCUT2D eigenvalue weighted by atomic mass is 79.9. The van der Waals surface area contributed by atoms with E-state index in [1.165, 1.54) is 6.33 Å². The van der Waals surface area contributed by atoms with Crippen molar-refractivity contribution in [1.82, 2.24) is 9.97 Å². The lowest BCUT2D eigenvalue weighted by Crippen LogP contribution is -2.37. The van der Waals surface area contributed by atoms with E-state index in [2.05, 4.69) is 31.2 Å². The molecule has 184 valence electrons. The smallest absolute Gasteiger partial charge is 0.190 e. The second-order valence-electron chi connectivity index (χ2n) is 9.02. The Balaban J connectivity index is 1.26. The topological polar surface area (TPSA) is 93.2 Å². The van der Waals surface area contributed by atoms with Crippen molar-refractivity contribution in [2.45, 2.75) is 50.3 Å². The van der Waals surface area contributed by atoms with Gasteiger partial charge in [0.25, 0.3) is 0 Å². The number of nitrogens with one attached hydrogen (secondary N) is 1. The van der Waals surface area contributed by atoms with Gasteiger partial charge in [0.05, 0.1) is 24.3 Å². The molecule has 1 unspecified atom stereocenters. The lowest BCUT2D eigenvalue weighted by molar-refractivity contribution is -0.213. The van der Waals surface area contributed by atoms with Crippen molar-refractivity contribution in [3.8, 4) is 11.5 Å². The molecule has 3 fully saturated rings. The van der Waals surface area contributed by atoms with Gasteiger partial charge >= 0.3 is 0 Å². The summed E-state index contributed by atoms with van der Waals surface area (Å²) in [5.41, 5.74) is 1.48. The fraction of sp³-hybridized carbons (Fsp3) is 0.417.